The summed E-state index contributed by atoms with van der Waals surface area (Å²) in [5.74, 6) is 0.0333. The van der Waals surface area contributed by atoms with E-state index >= 15 is 0 Å². The van der Waals surface area contributed by atoms with Crippen LogP contribution in [0.1, 0.15) is 110 Å². The molecule has 0 aromatic heterocycles. The Balaban J connectivity index is 2.13. The zero-order chi connectivity index (χ0) is 24.9. The van der Waals surface area contributed by atoms with Crippen LogP contribution < -0.4 is 0 Å². The minimum absolute atomic E-state index is 0.0499. The van der Waals surface area contributed by atoms with Crippen LogP contribution in [0.4, 0.5) is 0 Å². The fraction of sp³-hybridized carbons (Fsp3) is 0.667. The molecule has 2 atom stereocenters. The third-order valence-electron chi connectivity index (χ3n) is 6.15. The maximum absolute atomic E-state index is 12.1. The van der Waals surface area contributed by atoms with Crippen LogP contribution in [0.2, 0.25) is 0 Å². The van der Waals surface area contributed by atoms with Gasteiger partial charge in [0.1, 0.15) is 0 Å². The highest BCUT2D eigenvalue weighted by molar-refractivity contribution is 6.07. The normalized spacial score (nSPS) is 18.0. The summed E-state index contributed by atoms with van der Waals surface area (Å²) in [5, 5.41) is 10.1. The Morgan fingerprint density at radius 3 is 2.44 bits per heavy atom. The molecule has 0 aromatic carbocycles. The van der Waals surface area contributed by atoms with Crippen molar-refractivity contribution in [3.63, 3.8) is 0 Å². The lowest BCUT2D eigenvalue weighted by molar-refractivity contribution is -0.143. The first-order valence-electron chi connectivity index (χ1n) is 13.6. The van der Waals surface area contributed by atoms with Crippen LogP contribution in [-0.2, 0) is 14.3 Å². The van der Waals surface area contributed by atoms with E-state index in [1.165, 1.54) is 38.5 Å². The molecule has 0 saturated carbocycles. The van der Waals surface area contributed by atoms with E-state index in [4.69, 9.17) is 4.74 Å². The van der Waals surface area contributed by atoms with E-state index in [0.717, 1.165) is 44.1 Å². The first kappa shape index (κ1) is 30.1. The zero-order valence-electron chi connectivity index (χ0n) is 21.7. The van der Waals surface area contributed by atoms with Gasteiger partial charge in [-0.05, 0) is 51.0 Å². The molecule has 0 aromatic rings. The minimum atomic E-state index is -0.449. The number of carbonyl (C=O) groups excluding carboxylic acids is 2. The Hall–Kier alpha value is -1.94. The molecular formula is C30H48O4. The average Bonchev–Trinajstić information content (AvgIpc) is 3.18. The molecule has 4 nitrogen and oxygen atoms in total. The number of allylic oxidation sites excluding steroid dienone is 6. The molecular weight excluding hydrogens is 424 g/mol. The smallest absolute Gasteiger partial charge is 0.305 e. The van der Waals surface area contributed by atoms with Crippen molar-refractivity contribution < 1.29 is 19.4 Å². The molecule has 0 aliphatic heterocycles. The van der Waals surface area contributed by atoms with Crippen molar-refractivity contribution in [2.24, 2.45) is 5.92 Å². The fourth-order valence-corrected chi connectivity index (χ4v) is 4.04. The number of ether oxygens (including phenoxy) is 1. The van der Waals surface area contributed by atoms with Crippen LogP contribution in [0, 0.1) is 5.92 Å². The van der Waals surface area contributed by atoms with E-state index in [2.05, 4.69) is 26.0 Å². The summed E-state index contributed by atoms with van der Waals surface area (Å²) >= 11 is 0. The van der Waals surface area contributed by atoms with Gasteiger partial charge in [0, 0.05) is 17.9 Å². The number of hydrogen-bond acceptors (Lipinski definition) is 4. The Kier molecular flexibility index (Phi) is 18.1. The molecule has 1 aliphatic carbocycles. The topological polar surface area (TPSA) is 63.6 Å². The van der Waals surface area contributed by atoms with Gasteiger partial charge in [0.2, 0.25) is 0 Å². The number of aliphatic hydroxyl groups is 1. The van der Waals surface area contributed by atoms with Crippen LogP contribution in [0.15, 0.2) is 48.1 Å². The molecule has 192 valence electrons. The van der Waals surface area contributed by atoms with Crippen LogP contribution >= 0.6 is 0 Å². The van der Waals surface area contributed by atoms with Gasteiger partial charge in [-0.3, -0.25) is 9.59 Å². The van der Waals surface area contributed by atoms with E-state index in [1.54, 1.807) is 6.08 Å². The second-order valence-corrected chi connectivity index (χ2v) is 9.29. The first-order valence-corrected chi connectivity index (χ1v) is 13.6. The van der Waals surface area contributed by atoms with Gasteiger partial charge in [-0.15, -0.1) is 0 Å². The van der Waals surface area contributed by atoms with Gasteiger partial charge in [0.05, 0.1) is 12.7 Å². The Morgan fingerprint density at radius 2 is 1.71 bits per heavy atom. The first-order chi connectivity index (χ1) is 16.6. The highest BCUT2D eigenvalue weighted by Crippen LogP contribution is 2.26. The molecule has 1 N–H and O–H groups in total. The van der Waals surface area contributed by atoms with Gasteiger partial charge >= 0.3 is 5.97 Å². The highest BCUT2D eigenvalue weighted by atomic mass is 16.5. The van der Waals surface area contributed by atoms with Gasteiger partial charge in [0.15, 0.2) is 5.78 Å². The van der Waals surface area contributed by atoms with Crippen molar-refractivity contribution in [2.75, 3.05) is 6.61 Å². The number of hydrogen-bond donors (Lipinski definition) is 1. The van der Waals surface area contributed by atoms with Gasteiger partial charge in [-0.2, -0.15) is 0 Å². The summed E-state index contributed by atoms with van der Waals surface area (Å²) < 4.78 is 5.34. The van der Waals surface area contributed by atoms with E-state index < -0.39 is 6.10 Å². The summed E-state index contributed by atoms with van der Waals surface area (Å²) in [6.07, 6.45) is 28.1. The van der Waals surface area contributed by atoms with Crippen LogP contribution in [0.25, 0.3) is 0 Å². The van der Waals surface area contributed by atoms with Crippen LogP contribution in [0.3, 0.4) is 0 Å². The lowest BCUT2D eigenvalue weighted by Crippen LogP contribution is -2.07. The van der Waals surface area contributed by atoms with Crippen molar-refractivity contribution >= 4 is 11.8 Å². The molecule has 0 heterocycles. The molecule has 0 spiro atoms. The Morgan fingerprint density at radius 1 is 0.971 bits per heavy atom. The van der Waals surface area contributed by atoms with E-state index in [-0.39, 0.29) is 17.7 Å². The molecule has 0 saturated heterocycles. The average molecular weight is 473 g/mol. The number of rotatable bonds is 20. The zero-order valence-corrected chi connectivity index (χ0v) is 21.7. The van der Waals surface area contributed by atoms with E-state index in [1.807, 2.05) is 24.3 Å². The molecule has 4 heteroatoms. The number of esters is 1. The van der Waals surface area contributed by atoms with Gasteiger partial charge in [-0.1, -0.05) is 95.2 Å². The van der Waals surface area contributed by atoms with Gasteiger partial charge in [-0.25, -0.2) is 0 Å². The van der Waals surface area contributed by atoms with Gasteiger partial charge in [0.25, 0.3) is 0 Å². The Bertz CT molecular complexity index is 671. The number of carbonyl (C=O) groups is 2. The molecule has 0 fully saturated rings. The maximum atomic E-state index is 12.1. The molecule has 34 heavy (non-hydrogen) atoms. The second-order valence-electron chi connectivity index (χ2n) is 9.29. The maximum Gasteiger partial charge on any atom is 0.305 e. The largest absolute Gasteiger partial charge is 0.466 e. The van der Waals surface area contributed by atoms with Crippen molar-refractivity contribution in [3.8, 4) is 0 Å². The lowest BCUT2D eigenvalue weighted by Gasteiger charge is -2.10. The summed E-state index contributed by atoms with van der Waals surface area (Å²) in [6, 6.07) is 0. The monoisotopic (exact) mass is 472 g/mol. The lowest BCUT2D eigenvalue weighted by atomic mass is 9.96. The molecule has 0 radical (unpaired) electrons. The number of ketones is 1. The van der Waals surface area contributed by atoms with Crippen LogP contribution in [0.5, 0.6) is 0 Å². The molecule has 0 amide bonds. The number of unbranched alkanes of at least 4 members (excludes halogenated alkanes) is 8. The van der Waals surface area contributed by atoms with Crippen LogP contribution in [-0.4, -0.2) is 29.6 Å². The molecule has 1 aliphatic rings. The highest BCUT2D eigenvalue weighted by Gasteiger charge is 2.21. The summed E-state index contributed by atoms with van der Waals surface area (Å²) in [6.45, 7) is 4.85. The van der Waals surface area contributed by atoms with Crippen molar-refractivity contribution in [3.05, 3.63) is 48.1 Å². The van der Waals surface area contributed by atoms with E-state index in [0.29, 0.717) is 25.9 Å². The van der Waals surface area contributed by atoms with Crippen molar-refractivity contribution in [1.82, 2.24) is 0 Å². The minimum Gasteiger partial charge on any atom is -0.466 e. The van der Waals surface area contributed by atoms with Crippen molar-refractivity contribution in [1.29, 1.82) is 0 Å². The molecule has 0 unspecified atom stereocenters. The second kappa shape index (κ2) is 20.4. The summed E-state index contributed by atoms with van der Waals surface area (Å²) in [7, 11) is 0. The molecule has 0 bridgehead atoms. The SMILES string of the molecule is CC/C=C\C[C@H](O)C/C=C1/C(=O)C=C[C@@H]1C/C=C\CCCC(=O)OCCCCCCCCCC. The third kappa shape index (κ3) is 15.1. The predicted molar refractivity (Wildman–Crippen MR) is 142 cm³/mol. The Labute approximate surface area is 208 Å². The predicted octanol–water partition coefficient (Wildman–Crippen LogP) is 7.58. The van der Waals surface area contributed by atoms with Gasteiger partial charge < -0.3 is 9.84 Å². The summed E-state index contributed by atoms with van der Waals surface area (Å²) in [4.78, 5) is 24.0. The summed E-state index contributed by atoms with van der Waals surface area (Å²) in [5.41, 5.74) is 0.785. The molecule has 1 rings (SSSR count). The fourth-order valence-electron chi connectivity index (χ4n) is 4.04. The third-order valence-corrected chi connectivity index (χ3v) is 6.15. The quantitative estimate of drug-likeness (QED) is 0.0858. The van der Waals surface area contributed by atoms with Crippen molar-refractivity contribution in [2.45, 2.75) is 116 Å². The van der Waals surface area contributed by atoms with E-state index in [9.17, 15) is 14.7 Å². The standard InChI is InChI=1S/C30H48O4/c1-3-5-7-8-9-10-13-17-25-34-30(33)20-16-12-11-15-18-26-21-24-29(32)28(26)23-22-27(31)19-14-6-4-2/h6,11,14-15,21,23-24,26-27,31H,3-5,7-10,12-13,16-20,22,25H2,1-2H3/b14-6-,15-11-,28-23+/t26-,27-/m0/s1. The number of aliphatic hydroxyl groups excluding tert-OH is 1.